The number of fused-ring (bicyclic) bond motifs is 7. The lowest BCUT2D eigenvalue weighted by Crippen LogP contribution is -2.00. The average Bonchev–Trinajstić information content (AvgIpc) is 3.44. The first-order valence-electron chi connectivity index (χ1n) is 14.4. The summed E-state index contributed by atoms with van der Waals surface area (Å²) < 4.78 is 2.59. The van der Waals surface area contributed by atoms with E-state index in [9.17, 15) is 0 Å². The van der Waals surface area contributed by atoms with Crippen molar-refractivity contribution >= 4 is 63.8 Å². The standard InChI is InChI=1S/C39H23N3S/c1-2-10-25(11-3-1)37-40-38(28-19-20-30-27(21-28)18-17-24-9-4-5-13-29(24)30)42-39(41-37)32-15-8-12-26-22-36-34(23-33(26)32)31-14-6-7-16-35(31)43-36/h1-23H. The van der Waals surface area contributed by atoms with Gasteiger partial charge in [0.05, 0.1) is 0 Å². The van der Waals surface area contributed by atoms with Gasteiger partial charge in [0.2, 0.25) is 0 Å². The van der Waals surface area contributed by atoms with Crippen LogP contribution >= 0.6 is 11.3 Å². The van der Waals surface area contributed by atoms with Crippen molar-refractivity contribution in [3.05, 3.63) is 140 Å². The van der Waals surface area contributed by atoms with Crippen molar-refractivity contribution in [1.82, 2.24) is 15.0 Å². The van der Waals surface area contributed by atoms with Gasteiger partial charge in [0, 0.05) is 36.9 Å². The van der Waals surface area contributed by atoms with Crippen LogP contribution in [0.3, 0.4) is 0 Å². The molecule has 0 atom stereocenters. The monoisotopic (exact) mass is 565 g/mol. The molecule has 0 unspecified atom stereocenters. The Balaban J connectivity index is 1.28. The summed E-state index contributed by atoms with van der Waals surface area (Å²) in [6.07, 6.45) is 0. The second-order valence-electron chi connectivity index (χ2n) is 10.9. The fourth-order valence-corrected chi connectivity index (χ4v) is 7.32. The van der Waals surface area contributed by atoms with Crippen molar-refractivity contribution in [3.63, 3.8) is 0 Å². The van der Waals surface area contributed by atoms with Gasteiger partial charge in [0.15, 0.2) is 17.5 Å². The smallest absolute Gasteiger partial charge is 0.164 e. The van der Waals surface area contributed by atoms with E-state index in [1.807, 2.05) is 29.5 Å². The molecule has 9 rings (SSSR count). The highest BCUT2D eigenvalue weighted by molar-refractivity contribution is 7.25. The number of hydrogen-bond acceptors (Lipinski definition) is 4. The van der Waals surface area contributed by atoms with Crippen molar-refractivity contribution in [2.75, 3.05) is 0 Å². The van der Waals surface area contributed by atoms with Crippen LogP contribution in [0.1, 0.15) is 0 Å². The van der Waals surface area contributed by atoms with Crippen molar-refractivity contribution in [1.29, 1.82) is 0 Å². The van der Waals surface area contributed by atoms with E-state index in [1.165, 1.54) is 41.7 Å². The predicted octanol–water partition coefficient (Wildman–Crippen LogP) is 10.7. The van der Waals surface area contributed by atoms with Gasteiger partial charge in [-0.05, 0) is 56.6 Å². The van der Waals surface area contributed by atoms with Crippen molar-refractivity contribution in [2.45, 2.75) is 0 Å². The Morgan fingerprint density at radius 3 is 1.93 bits per heavy atom. The first kappa shape index (κ1) is 24.2. The Hall–Kier alpha value is -5.45. The Kier molecular flexibility index (Phi) is 5.37. The van der Waals surface area contributed by atoms with Gasteiger partial charge in [-0.15, -0.1) is 11.3 Å². The summed E-state index contributed by atoms with van der Waals surface area (Å²) in [5.41, 5.74) is 2.93. The first-order valence-corrected chi connectivity index (χ1v) is 15.2. The molecule has 2 heterocycles. The molecule has 2 aromatic heterocycles. The fourth-order valence-electron chi connectivity index (χ4n) is 6.18. The van der Waals surface area contributed by atoms with Crippen LogP contribution in [-0.2, 0) is 0 Å². The van der Waals surface area contributed by atoms with Crippen molar-refractivity contribution in [3.8, 4) is 34.2 Å². The second-order valence-corrected chi connectivity index (χ2v) is 12.0. The molecule has 0 fully saturated rings. The molecule has 0 bridgehead atoms. The van der Waals surface area contributed by atoms with Gasteiger partial charge in [-0.2, -0.15) is 0 Å². The van der Waals surface area contributed by atoms with Crippen LogP contribution in [-0.4, -0.2) is 15.0 Å². The molecule has 43 heavy (non-hydrogen) atoms. The van der Waals surface area contributed by atoms with Gasteiger partial charge in [0.25, 0.3) is 0 Å². The minimum Gasteiger partial charge on any atom is -0.208 e. The zero-order chi connectivity index (χ0) is 28.3. The fraction of sp³-hybridized carbons (Fsp3) is 0. The second kappa shape index (κ2) is 9.55. The maximum atomic E-state index is 5.13. The Labute approximate surface area is 251 Å². The Morgan fingerprint density at radius 2 is 1.02 bits per heavy atom. The van der Waals surface area contributed by atoms with Crippen molar-refractivity contribution in [2.24, 2.45) is 0 Å². The minimum atomic E-state index is 0.665. The van der Waals surface area contributed by atoms with Crippen LogP contribution in [0.4, 0.5) is 0 Å². The molecular formula is C39H23N3S. The third-order valence-corrected chi connectivity index (χ3v) is 9.42. The molecule has 9 aromatic rings. The molecule has 7 aromatic carbocycles. The molecule has 0 N–H and O–H groups in total. The molecule has 0 spiro atoms. The lowest BCUT2D eigenvalue weighted by molar-refractivity contribution is 1.08. The third kappa shape index (κ3) is 3.99. The molecule has 0 saturated carbocycles. The summed E-state index contributed by atoms with van der Waals surface area (Å²) in [4.78, 5) is 15.2. The number of benzene rings is 7. The Morgan fingerprint density at radius 1 is 0.349 bits per heavy atom. The zero-order valence-corrected chi connectivity index (χ0v) is 23.8. The number of thiophene rings is 1. The summed E-state index contributed by atoms with van der Waals surface area (Å²) >= 11 is 1.84. The van der Waals surface area contributed by atoms with Gasteiger partial charge < -0.3 is 0 Å². The highest BCUT2D eigenvalue weighted by Crippen LogP contribution is 2.39. The summed E-state index contributed by atoms with van der Waals surface area (Å²) in [7, 11) is 0. The van der Waals surface area contributed by atoms with E-state index in [0.29, 0.717) is 17.5 Å². The van der Waals surface area contributed by atoms with Crippen LogP contribution in [0.5, 0.6) is 0 Å². The quantitative estimate of drug-likeness (QED) is 0.200. The van der Waals surface area contributed by atoms with Crippen molar-refractivity contribution < 1.29 is 0 Å². The molecule has 0 amide bonds. The van der Waals surface area contributed by atoms with E-state index in [0.717, 1.165) is 27.5 Å². The molecule has 200 valence electrons. The lowest BCUT2D eigenvalue weighted by Gasteiger charge is -2.11. The number of rotatable bonds is 3. The number of nitrogens with zero attached hydrogens (tertiary/aromatic N) is 3. The van der Waals surface area contributed by atoms with Crippen LogP contribution in [0.25, 0.3) is 86.7 Å². The van der Waals surface area contributed by atoms with Crippen LogP contribution in [0.2, 0.25) is 0 Å². The lowest BCUT2D eigenvalue weighted by atomic mass is 9.99. The van der Waals surface area contributed by atoms with E-state index in [4.69, 9.17) is 15.0 Å². The van der Waals surface area contributed by atoms with E-state index in [2.05, 4.69) is 121 Å². The summed E-state index contributed by atoms with van der Waals surface area (Å²) in [5.74, 6) is 2.00. The first-order chi connectivity index (χ1) is 21.3. The number of hydrogen-bond donors (Lipinski definition) is 0. The van der Waals surface area contributed by atoms with Crippen LogP contribution < -0.4 is 0 Å². The molecule has 3 nitrogen and oxygen atoms in total. The summed E-state index contributed by atoms with van der Waals surface area (Å²) in [5, 5.41) is 9.73. The SMILES string of the molecule is c1ccc(-c2nc(-c3ccc4c(ccc5ccccc54)c3)nc(-c3cccc4cc5sc6ccccc6c5cc34)n2)cc1. The number of aromatic nitrogens is 3. The third-order valence-electron chi connectivity index (χ3n) is 8.29. The zero-order valence-electron chi connectivity index (χ0n) is 23.0. The topological polar surface area (TPSA) is 38.7 Å². The maximum absolute atomic E-state index is 5.13. The molecule has 0 aliphatic carbocycles. The molecular weight excluding hydrogens is 543 g/mol. The van der Waals surface area contributed by atoms with Gasteiger partial charge in [-0.25, -0.2) is 15.0 Å². The molecule has 0 aliphatic heterocycles. The van der Waals surface area contributed by atoms with E-state index < -0.39 is 0 Å². The predicted molar refractivity (Wildman–Crippen MR) is 182 cm³/mol. The van der Waals surface area contributed by atoms with E-state index >= 15 is 0 Å². The van der Waals surface area contributed by atoms with Crippen LogP contribution in [0.15, 0.2) is 140 Å². The maximum Gasteiger partial charge on any atom is 0.164 e. The summed E-state index contributed by atoms with van der Waals surface area (Å²) in [6.45, 7) is 0. The molecule has 0 aliphatic rings. The highest BCUT2D eigenvalue weighted by atomic mass is 32.1. The van der Waals surface area contributed by atoms with E-state index in [1.54, 1.807) is 0 Å². The van der Waals surface area contributed by atoms with Gasteiger partial charge in [-0.1, -0.05) is 115 Å². The molecule has 0 radical (unpaired) electrons. The highest BCUT2D eigenvalue weighted by Gasteiger charge is 2.16. The molecule has 4 heteroatoms. The van der Waals surface area contributed by atoms with Gasteiger partial charge >= 0.3 is 0 Å². The van der Waals surface area contributed by atoms with Gasteiger partial charge in [-0.3, -0.25) is 0 Å². The Bertz CT molecular complexity index is 2510. The van der Waals surface area contributed by atoms with E-state index in [-0.39, 0.29) is 0 Å². The minimum absolute atomic E-state index is 0.665. The van der Waals surface area contributed by atoms with Gasteiger partial charge in [0.1, 0.15) is 0 Å². The molecule has 0 saturated heterocycles. The largest absolute Gasteiger partial charge is 0.208 e. The normalized spacial score (nSPS) is 11.7. The summed E-state index contributed by atoms with van der Waals surface area (Å²) in [6, 6.07) is 49.2. The average molecular weight is 566 g/mol. The van der Waals surface area contributed by atoms with Crippen LogP contribution in [0, 0.1) is 0 Å².